The molecule has 0 aromatic heterocycles. The standard InChI is InChI=1S/C15H14Cl2/c1-10-6-8-12(9-7-10)15(17)13-4-3-5-14(16)11(13)2/h3-9,15H,1-2H3. The Kier molecular flexibility index (Phi) is 3.76. The minimum Gasteiger partial charge on any atom is -0.113 e. The molecule has 0 N–H and O–H groups in total. The summed E-state index contributed by atoms with van der Waals surface area (Å²) in [7, 11) is 0. The van der Waals surface area contributed by atoms with Gasteiger partial charge in [-0.15, -0.1) is 11.6 Å². The average Bonchev–Trinajstić information content (AvgIpc) is 2.33. The van der Waals surface area contributed by atoms with Crippen LogP contribution in [0, 0.1) is 13.8 Å². The summed E-state index contributed by atoms with van der Waals surface area (Å²) in [6.07, 6.45) is 0. The molecule has 17 heavy (non-hydrogen) atoms. The summed E-state index contributed by atoms with van der Waals surface area (Å²) in [5.41, 5.74) is 4.46. The minimum absolute atomic E-state index is 0.144. The monoisotopic (exact) mass is 264 g/mol. The molecule has 88 valence electrons. The fourth-order valence-electron chi connectivity index (χ4n) is 1.81. The number of alkyl halides is 1. The highest BCUT2D eigenvalue weighted by molar-refractivity contribution is 6.31. The zero-order valence-corrected chi connectivity index (χ0v) is 11.4. The first-order valence-electron chi connectivity index (χ1n) is 5.55. The van der Waals surface area contributed by atoms with Crippen molar-refractivity contribution >= 4 is 23.2 Å². The van der Waals surface area contributed by atoms with Crippen LogP contribution in [0.3, 0.4) is 0 Å². The molecule has 2 rings (SSSR count). The molecule has 1 atom stereocenters. The van der Waals surface area contributed by atoms with E-state index in [1.165, 1.54) is 5.56 Å². The molecule has 2 heteroatoms. The van der Waals surface area contributed by atoms with Crippen LogP contribution in [0.1, 0.15) is 27.6 Å². The van der Waals surface area contributed by atoms with Crippen LogP contribution in [0.4, 0.5) is 0 Å². The summed E-state index contributed by atoms with van der Waals surface area (Å²) in [4.78, 5) is 0. The van der Waals surface area contributed by atoms with Gasteiger partial charge in [0.25, 0.3) is 0 Å². The Balaban J connectivity index is 2.40. The second-order valence-electron chi connectivity index (χ2n) is 4.23. The third kappa shape index (κ3) is 2.65. The number of aryl methyl sites for hydroxylation is 1. The van der Waals surface area contributed by atoms with E-state index >= 15 is 0 Å². The number of benzene rings is 2. The predicted molar refractivity (Wildman–Crippen MR) is 75.1 cm³/mol. The van der Waals surface area contributed by atoms with Gasteiger partial charge >= 0.3 is 0 Å². The van der Waals surface area contributed by atoms with Gasteiger partial charge in [-0.1, -0.05) is 53.6 Å². The Morgan fingerprint density at radius 1 is 0.941 bits per heavy atom. The first kappa shape index (κ1) is 12.5. The Morgan fingerprint density at radius 3 is 2.24 bits per heavy atom. The zero-order valence-electron chi connectivity index (χ0n) is 9.87. The molecular formula is C15H14Cl2. The SMILES string of the molecule is Cc1ccc(C(Cl)c2cccc(Cl)c2C)cc1. The molecular weight excluding hydrogens is 251 g/mol. The largest absolute Gasteiger partial charge is 0.113 e. The summed E-state index contributed by atoms with van der Waals surface area (Å²) in [5.74, 6) is 0. The highest BCUT2D eigenvalue weighted by atomic mass is 35.5. The lowest BCUT2D eigenvalue weighted by Crippen LogP contribution is -1.96. The van der Waals surface area contributed by atoms with Gasteiger partial charge in [-0.2, -0.15) is 0 Å². The number of halogens is 2. The van der Waals surface area contributed by atoms with Crippen molar-refractivity contribution in [2.24, 2.45) is 0 Å². The Morgan fingerprint density at radius 2 is 1.59 bits per heavy atom. The van der Waals surface area contributed by atoms with Crippen LogP contribution in [0.15, 0.2) is 42.5 Å². The highest BCUT2D eigenvalue weighted by Crippen LogP contribution is 2.33. The van der Waals surface area contributed by atoms with E-state index in [0.717, 1.165) is 21.7 Å². The lowest BCUT2D eigenvalue weighted by molar-refractivity contribution is 1.11. The number of rotatable bonds is 2. The van der Waals surface area contributed by atoms with Gasteiger partial charge in [-0.3, -0.25) is 0 Å². The summed E-state index contributed by atoms with van der Waals surface area (Å²) in [6, 6.07) is 14.1. The van der Waals surface area contributed by atoms with Gasteiger partial charge in [0.05, 0.1) is 5.38 Å². The second-order valence-corrected chi connectivity index (χ2v) is 5.07. The van der Waals surface area contributed by atoms with Crippen LogP contribution in [0.25, 0.3) is 0 Å². The maximum Gasteiger partial charge on any atom is 0.0838 e. The summed E-state index contributed by atoms with van der Waals surface area (Å²) < 4.78 is 0. The van der Waals surface area contributed by atoms with Crippen molar-refractivity contribution in [2.45, 2.75) is 19.2 Å². The molecule has 2 aromatic rings. The maximum absolute atomic E-state index is 6.50. The molecule has 0 spiro atoms. The molecule has 0 saturated heterocycles. The molecule has 0 fully saturated rings. The van der Waals surface area contributed by atoms with Crippen molar-refractivity contribution in [1.29, 1.82) is 0 Å². The summed E-state index contributed by atoms with van der Waals surface area (Å²) in [6.45, 7) is 4.07. The van der Waals surface area contributed by atoms with E-state index in [9.17, 15) is 0 Å². The summed E-state index contributed by atoms with van der Waals surface area (Å²) in [5, 5.41) is 0.620. The van der Waals surface area contributed by atoms with Gasteiger partial charge in [0.1, 0.15) is 0 Å². The highest BCUT2D eigenvalue weighted by Gasteiger charge is 2.14. The fourth-order valence-corrected chi connectivity index (χ4v) is 2.38. The van der Waals surface area contributed by atoms with Crippen LogP contribution in [0.2, 0.25) is 5.02 Å². The second kappa shape index (κ2) is 5.12. The van der Waals surface area contributed by atoms with E-state index in [4.69, 9.17) is 23.2 Å². The van der Waals surface area contributed by atoms with Crippen molar-refractivity contribution in [2.75, 3.05) is 0 Å². The third-order valence-electron chi connectivity index (χ3n) is 2.95. The normalized spacial score (nSPS) is 12.5. The first-order valence-corrected chi connectivity index (χ1v) is 6.36. The average molecular weight is 265 g/mol. The Hall–Kier alpha value is -0.980. The molecule has 0 saturated carbocycles. The third-order valence-corrected chi connectivity index (χ3v) is 3.85. The van der Waals surface area contributed by atoms with Gasteiger partial charge in [-0.05, 0) is 36.6 Å². The molecule has 0 aliphatic heterocycles. The minimum atomic E-state index is -0.144. The quantitative estimate of drug-likeness (QED) is 0.647. The van der Waals surface area contributed by atoms with Crippen LogP contribution in [-0.4, -0.2) is 0 Å². The topological polar surface area (TPSA) is 0 Å². The van der Waals surface area contributed by atoms with Crippen molar-refractivity contribution < 1.29 is 0 Å². The van der Waals surface area contributed by atoms with Gasteiger partial charge in [0.15, 0.2) is 0 Å². The smallest absolute Gasteiger partial charge is 0.0838 e. The van der Waals surface area contributed by atoms with Crippen LogP contribution in [-0.2, 0) is 0 Å². The zero-order chi connectivity index (χ0) is 12.4. The van der Waals surface area contributed by atoms with Gasteiger partial charge in [0.2, 0.25) is 0 Å². The maximum atomic E-state index is 6.50. The predicted octanol–water partition coefficient (Wildman–Crippen LogP) is 5.29. The van der Waals surface area contributed by atoms with E-state index < -0.39 is 0 Å². The van der Waals surface area contributed by atoms with Crippen LogP contribution in [0.5, 0.6) is 0 Å². The molecule has 0 radical (unpaired) electrons. The molecule has 1 unspecified atom stereocenters. The van der Waals surface area contributed by atoms with Crippen molar-refractivity contribution in [3.8, 4) is 0 Å². The molecule has 0 heterocycles. The molecule has 2 aromatic carbocycles. The Bertz CT molecular complexity index is 515. The van der Waals surface area contributed by atoms with Gasteiger partial charge < -0.3 is 0 Å². The molecule has 0 bridgehead atoms. The van der Waals surface area contributed by atoms with E-state index in [0.29, 0.717) is 0 Å². The fraction of sp³-hybridized carbons (Fsp3) is 0.200. The van der Waals surface area contributed by atoms with Crippen molar-refractivity contribution in [3.05, 3.63) is 69.7 Å². The number of hydrogen-bond acceptors (Lipinski definition) is 0. The van der Waals surface area contributed by atoms with Gasteiger partial charge in [-0.25, -0.2) is 0 Å². The van der Waals surface area contributed by atoms with Crippen molar-refractivity contribution in [3.63, 3.8) is 0 Å². The Labute approximate surface area is 112 Å². The van der Waals surface area contributed by atoms with E-state index in [1.807, 2.05) is 25.1 Å². The lowest BCUT2D eigenvalue weighted by Gasteiger charge is -2.14. The van der Waals surface area contributed by atoms with E-state index in [2.05, 4.69) is 31.2 Å². The van der Waals surface area contributed by atoms with Gasteiger partial charge in [0, 0.05) is 5.02 Å². The molecule has 0 amide bonds. The lowest BCUT2D eigenvalue weighted by atomic mass is 9.99. The molecule has 0 aliphatic carbocycles. The first-order chi connectivity index (χ1) is 8.09. The molecule has 0 aliphatic rings. The van der Waals surface area contributed by atoms with Crippen LogP contribution >= 0.6 is 23.2 Å². The van der Waals surface area contributed by atoms with Crippen molar-refractivity contribution in [1.82, 2.24) is 0 Å². The molecule has 0 nitrogen and oxygen atoms in total. The van der Waals surface area contributed by atoms with E-state index in [1.54, 1.807) is 0 Å². The summed E-state index contributed by atoms with van der Waals surface area (Å²) >= 11 is 12.6. The van der Waals surface area contributed by atoms with E-state index in [-0.39, 0.29) is 5.38 Å². The van der Waals surface area contributed by atoms with Crippen LogP contribution < -0.4 is 0 Å². The number of hydrogen-bond donors (Lipinski definition) is 0.